The van der Waals surface area contributed by atoms with E-state index in [-0.39, 0.29) is 17.8 Å². The lowest BCUT2D eigenvalue weighted by atomic mass is 10.1. The lowest BCUT2D eigenvalue weighted by molar-refractivity contribution is -0.137. The van der Waals surface area contributed by atoms with Crippen molar-refractivity contribution in [3.8, 4) is 0 Å². The summed E-state index contributed by atoms with van der Waals surface area (Å²) in [5.74, 6) is -1.35. The van der Waals surface area contributed by atoms with Crippen LogP contribution in [0.15, 0.2) is 72.8 Å². The smallest absolute Gasteiger partial charge is 0.348 e. The number of halogens is 4. The average Bonchev–Trinajstić information content (AvgIpc) is 2.81. The molecule has 3 rings (SSSR count). The Morgan fingerprint density at radius 1 is 0.972 bits per heavy atom. The van der Waals surface area contributed by atoms with E-state index < -0.39 is 50.8 Å². The van der Waals surface area contributed by atoms with Gasteiger partial charge in [0.25, 0.3) is 5.91 Å². The zero-order chi connectivity index (χ0) is 26.5. The molecular weight excluding hydrogens is 519 g/mol. The van der Waals surface area contributed by atoms with Gasteiger partial charge in [0.15, 0.2) is 0 Å². The molecule has 0 bridgehead atoms. The first-order chi connectivity index (χ1) is 16.9. The van der Waals surface area contributed by atoms with Gasteiger partial charge in [-0.15, -0.1) is 0 Å². The molecule has 0 saturated heterocycles. The van der Waals surface area contributed by atoms with Gasteiger partial charge in [0.05, 0.1) is 33.8 Å². The van der Waals surface area contributed by atoms with Crippen LogP contribution in [0.1, 0.15) is 21.5 Å². The summed E-state index contributed by atoms with van der Waals surface area (Å²) in [5, 5.41) is 4.58. The number of benzene rings is 3. The van der Waals surface area contributed by atoms with E-state index in [2.05, 4.69) is 10.6 Å². The van der Waals surface area contributed by atoms with Crippen molar-refractivity contribution in [3.63, 3.8) is 0 Å². The molecule has 190 valence electrons. The first-order valence-corrected chi connectivity index (χ1v) is 12.6. The number of carbonyl (C=O) groups is 2. The summed E-state index contributed by atoms with van der Waals surface area (Å²) in [5.41, 5.74) is -0.543. The minimum atomic E-state index is -4.83. The molecule has 0 aliphatic carbocycles. The lowest BCUT2D eigenvalue weighted by Crippen LogP contribution is -2.38. The fourth-order valence-electron chi connectivity index (χ4n) is 3.27. The highest BCUT2D eigenvalue weighted by molar-refractivity contribution is 7.92. The van der Waals surface area contributed by atoms with Crippen LogP contribution in [0.5, 0.6) is 0 Å². The molecule has 0 atom stereocenters. The van der Waals surface area contributed by atoms with Crippen LogP contribution in [-0.2, 0) is 27.5 Å². The van der Waals surface area contributed by atoms with Crippen LogP contribution in [0, 0.1) is 0 Å². The summed E-state index contributed by atoms with van der Waals surface area (Å²) < 4.78 is 65.0. The largest absolute Gasteiger partial charge is 0.417 e. The van der Waals surface area contributed by atoms with Crippen molar-refractivity contribution in [3.05, 3.63) is 94.5 Å². The Balaban J connectivity index is 1.80. The Kier molecular flexibility index (Phi) is 8.26. The van der Waals surface area contributed by atoms with Gasteiger partial charge in [-0.05, 0) is 35.9 Å². The molecule has 2 amide bonds. The number of hydrogen-bond acceptors (Lipinski definition) is 4. The first-order valence-electron chi connectivity index (χ1n) is 10.4. The van der Waals surface area contributed by atoms with E-state index in [9.17, 15) is 31.2 Å². The number of sulfonamides is 1. The maximum Gasteiger partial charge on any atom is 0.417 e. The van der Waals surface area contributed by atoms with E-state index >= 15 is 0 Å². The third-order valence-corrected chi connectivity index (χ3v) is 6.44. The fraction of sp³-hybridized carbons (Fsp3) is 0.167. The van der Waals surface area contributed by atoms with Crippen molar-refractivity contribution in [2.45, 2.75) is 12.7 Å². The molecule has 0 spiro atoms. The Hall–Kier alpha value is -3.57. The Morgan fingerprint density at radius 2 is 1.61 bits per heavy atom. The van der Waals surface area contributed by atoms with Crippen LogP contribution < -0.4 is 14.9 Å². The minimum absolute atomic E-state index is 0.105. The van der Waals surface area contributed by atoms with Crippen molar-refractivity contribution >= 4 is 44.8 Å². The van der Waals surface area contributed by atoms with E-state index in [1.807, 2.05) is 30.3 Å². The molecule has 12 heteroatoms. The van der Waals surface area contributed by atoms with Gasteiger partial charge in [0.2, 0.25) is 15.9 Å². The molecule has 3 aromatic carbocycles. The quantitative estimate of drug-likeness (QED) is 0.434. The van der Waals surface area contributed by atoms with E-state index in [0.717, 1.165) is 24.0 Å². The van der Waals surface area contributed by atoms with Crippen LogP contribution in [0.25, 0.3) is 0 Å². The minimum Gasteiger partial charge on any atom is -0.348 e. The molecular formula is C24H21ClF3N3O4S. The van der Waals surface area contributed by atoms with Gasteiger partial charge in [0, 0.05) is 6.54 Å². The van der Waals surface area contributed by atoms with Crippen molar-refractivity contribution in [2.75, 3.05) is 22.4 Å². The molecule has 0 aliphatic rings. The zero-order valence-corrected chi connectivity index (χ0v) is 20.4. The summed E-state index contributed by atoms with van der Waals surface area (Å²) in [4.78, 5) is 25.4. The van der Waals surface area contributed by atoms with E-state index in [0.29, 0.717) is 10.4 Å². The second-order valence-corrected chi connectivity index (χ2v) is 10.0. The molecule has 0 fully saturated rings. The Bertz CT molecular complexity index is 1370. The normalized spacial score (nSPS) is 11.6. The summed E-state index contributed by atoms with van der Waals surface area (Å²) in [6, 6.07) is 17.7. The first kappa shape index (κ1) is 27.0. The topological polar surface area (TPSA) is 95.6 Å². The molecule has 0 aliphatic heterocycles. The van der Waals surface area contributed by atoms with Crippen LogP contribution in [0.2, 0.25) is 5.02 Å². The van der Waals surface area contributed by atoms with E-state index in [4.69, 9.17) is 11.6 Å². The van der Waals surface area contributed by atoms with Gasteiger partial charge in [0.1, 0.15) is 6.54 Å². The number of alkyl halides is 3. The third kappa shape index (κ3) is 6.98. The standard InChI is InChI=1S/C24H21ClF3N3O4S/c1-36(34,35)31(17-11-12-20(25)19(13-17)24(26,27)28)15-22(32)30-21-10-6-5-9-18(21)23(33)29-14-16-7-3-2-4-8-16/h2-13H,14-15H2,1H3,(H,29,33)(H,30,32). The Labute approximate surface area is 210 Å². The van der Waals surface area contributed by atoms with Crippen molar-refractivity contribution < 1.29 is 31.2 Å². The number of para-hydroxylation sites is 1. The zero-order valence-electron chi connectivity index (χ0n) is 18.8. The SMILES string of the molecule is CS(=O)(=O)N(CC(=O)Nc1ccccc1C(=O)NCc1ccccc1)c1ccc(Cl)c(C(F)(F)F)c1. The highest BCUT2D eigenvalue weighted by Gasteiger charge is 2.34. The molecule has 0 saturated carbocycles. The second kappa shape index (κ2) is 11.0. The maximum atomic E-state index is 13.3. The summed E-state index contributed by atoms with van der Waals surface area (Å²) in [7, 11) is -4.16. The molecule has 0 unspecified atom stereocenters. The fourth-order valence-corrected chi connectivity index (χ4v) is 4.34. The van der Waals surface area contributed by atoms with Gasteiger partial charge >= 0.3 is 6.18 Å². The third-order valence-electron chi connectivity index (χ3n) is 4.97. The number of rotatable bonds is 8. The van der Waals surface area contributed by atoms with Gasteiger partial charge in [-0.2, -0.15) is 13.2 Å². The number of amides is 2. The Morgan fingerprint density at radius 3 is 2.25 bits per heavy atom. The van der Waals surface area contributed by atoms with Crippen molar-refractivity contribution in [2.24, 2.45) is 0 Å². The predicted octanol–water partition coefficient (Wildman–Crippen LogP) is 4.69. The number of nitrogens with zero attached hydrogens (tertiary/aromatic N) is 1. The molecule has 7 nitrogen and oxygen atoms in total. The van der Waals surface area contributed by atoms with Gasteiger partial charge < -0.3 is 10.6 Å². The van der Waals surface area contributed by atoms with Crippen LogP contribution in [0.4, 0.5) is 24.5 Å². The summed E-state index contributed by atoms with van der Waals surface area (Å²) in [6.45, 7) is -0.598. The highest BCUT2D eigenvalue weighted by Crippen LogP contribution is 2.37. The molecule has 36 heavy (non-hydrogen) atoms. The van der Waals surface area contributed by atoms with E-state index in [1.54, 1.807) is 12.1 Å². The maximum absolute atomic E-state index is 13.3. The lowest BCUT2D eigenvalue weighted by Gasteiger charge is -2.23. The number of nitrogens with one attached hydrogen (secondary N) is 2. The molecule has 0 aromatic heterocycles. The summed E-state index contributed by atoms with van der Waals surface area (Å²) in [6.07, 6.45) is -4.07. The molecule has 0 heterocycles. The predicted molar refractivity (Wildman–Crippen MR) is 131 cm³/mol. The molecule has 0 radical (unpaired) electrons. The van der Waals surface area contributed by atoms with Crippen molar-refractivity contribution in [1.82, 2.24) is 5.32 Å². The van der Waals surface area contributed by atoms with Gasteiger partial charge in [-0.1, -0.05) is 54.1 Å². The average molecular weight is 540 g/mol. The second-order valence-electron chi connectivity index (χ2n) is 7.69. The molecule has 3 aromatic rings. The monoisotopic (exact) mass is 539 g/mol. The van der Waals surface area contributed by atoms with Crippen LogP contribution >= 0.6 is 11.6 Å². The number of carbonyl (C=O) groups excluding carboxylic acids is 2. The highest BCUT2D eigenvalue weighted by atomic mass is 35.5. The van der Waals surface area contributed by atoms with E-state index in [1.165, 1.54) is 12.1 Å². The number of hydrogen-bond donors (Lipinski definition) is 2. The van der Waals surface area contributed by atoms with Crippen LogP contribution in [0.3, 0.4) is 0 Å². The molecule has 2 N–H and O–H groups in total. The van der Waals surface area contributed by atoms with Crippen LogP contribution in [-0.4, -0.2) is 33.0 Å². The number of anilines is 2. The summed E-state index contributed by atoms with van der Waals surface area (Å²) >= 11 is 5.62. The van der Waals surface area contributed by atoms with Gasteiger partial charge in [-0.25, -0.2) is 8.42 Å². The van der Waals surface area contributed by atoms with Crippen molar-refractivity contribution in [1.29, 1.82) is 0 Å². The van der Waals surface area contributed by atoms with Gasteiger partial charge in [-0.3, -0.25) is 13.9 Å².